The molecule has 0 N–H and O–H groups in total. The number of hydrogen-bond acceptors (Lipinski definition) is 5. The van der Waals surface area contributed by atoms with Crippen molar-refractivity contribution in [3.05, 3.63) is 12.5 Å². The van der Waals surface area contributed by atoms with Crippen LogP contribution in [0.15, 0.2) is 22.1 Å². The van der Waals surface area contributed by atoms with E-state index in [0.717, 1.165) is 0 Å². The second-order valence-corrected chi connectivity index (χ2v) is 6.42. The van der Waals surface area contributed by atoms with Crippen LogP contribution in [-0.2, 0) is 9.84 Å². The van der Waals surface area contributed by atoms with Gasteiger partial charge in [0.05, 0.1) is 17.7 Å². The van der Waals surface area contributed by atoms with Crippen molar-refractivity contribution in [3.8, 4) is 0 Å². The third-order valence-corrected chi connectivity index (χ3v) is 4.99. The first-order chi connectivity index (χ1) is 6.16. The second kappa shape index (κ2) is 3.34. The van der Waals surface area contributed by atoms with E-state index in [1.807, 2.05) is 0 Å². The van der Waals surface area contributed by atoms with Crippen molar-refractivity contribution in [3.63, 3.8) is 0 Å². The minimum Gasteiger partial charge on any atom is -0.440 e. The van der Waals surface area contributed by atoms with E-state index in [1.54, 1.807) is 6.20 Å². The van der Waals surface area contributed by atoms with Crippen LogP contribution in [0.5, 0.6) is 0 Å². The van der Waals surface area contributed by atoms with Gasteiger partial charge in [-0.05, 0) is 6.42 Å². The first-order valence-corrected chi connectivity index (χ1v) is 6.62. The van der Waals surface area contributed by atoms with Gasteiger partial charge in [0.2, 0.25) is 0 Å². The van der Waals surface area contributed by atoms with Crippen LogP contribution in [0.2, 0.25) is 0 Å². The summed E-state index contributed by atoms with van der Waals surface area (Å²) in [6.07, 6.45) is 3.76. The van der Waals surface area contributed by atoms with Crippen molar-refractivity contribution < 1.29 is 12.8 Å². The van der Waals surface area contributed by atoms with Crippen molar-refractivity contribution in [2.75, 3.05) is 11.5 Å². The molecule has 1 saturated heterocycles. The van der Waals surface area contributed by atoms with Gasteiger partial charge in [-0.1, -0.05) is 11.8 Å². The quantitative estimate of drug-likeness (QED) is 0.741. The second-order valence-electron chi connectivity index (χ2n) is 2.94. The first kappa shape index (κ1) is 9.08. The van der Waals surface area contributed by atoms with Gasteiger partial charge in [-0.25, -0.2) is 13.4 Å². The highest BCUT2D eigenvalue weighted by molar-refractivity contribution is 8.01. The van der Waals surface area contributed by atoms with Crippen molar-refractivity contribution in [1.82, 2.24) is 4.98 Å². The van der Waals surface area contributed by atoms with Gasteiger partial charge in [0, 0.05) is 5.25 Å². The molecule has 0 aliphatic carbocycles. The molecule has 1 unspecified atom stereocenters. The Bertz CT molecular complexity index is 370. The molecule has 0 saturated carbocycles. The smallest absolute Gasteiger partial charge is 0.255 e. The largest absolute Gasteiger partial charge is 0.440 e. The summed E-state index contributed by atoms with van der Waals surface area (Å²) in [4.78, 5) is 3.93. The van der Waals surface area contributed by atoms with Gasteiger partial charge in [-0.15, -0.1) is 0 Å². The van der Waals surface area contributed by atoms with Crippen molar-refractivity contribution in [2.24, 2.45) is 0 Å². The molecule has 72 valence electrons. The van der Waals surface area contributed by atoms with Crippen LogP contribution >= 0.6 is 11.8 Å². The van der Waals surface area contributed by atoms with Crippen LogP contribution in [0, 0.1) is 0 Å². The van der Waals surface area contributed by atoms with Gasteiger partial charge in [0.15, 0.2) is 9.84 Å². The average molecular weight is 219 g/mol. The highest BCUT2D eigenvalue weighted by Gasteiger charge is 2.29. The van der Waals surface area contributed by atoms with Crippen LogP contribution in [0.3, 0.4) is 0 Å². The minimum atomic E-state index is -2.79. The lowest BCUT2D eigenvalue weighted by molar-refractivity contribution is 0.453. The zero-order valence-electron chi connectivity index (χ0n) is 6.84. The molecule has 0 amide bonds. The number of rotatable bonds is 2. The molecule has 4 nitrogen and oxygen atoms in total. The lowest BCUT2D eigenvalue weighted by Crippen LogP contribution is -2.05. The Kier molecular flexibility index (Phi) is 2.33. The fraction of sp³-hybridized carbons (Fsp3) is 0.571. The molecule has 1 aromatic heterocycles. The summed E-state index contributed by atoms with van der Waals surface area (Å²) in [6, 6.07) is 0. The lowest BCUT2D eigenvalue weighted by Gasteiger charge is -2.01. The molecule has 0 aromatic carbocycles. The molecule has 2 heterocycles. The monoisotopic (exact) mass is 219 g/mol. The van der Waals surface area contributed by atoms with Crippen molar-refractivity contribution in [2.45, 2.75) is 16.9 Å². The van der Waals surface area contributed by atoms with Crippen molar-refractivity contribution >= 4 is 21.6 Å². The van der Waals surface area contributed by atoms with Gasteiger partial charge in [-0.3, -0.25) is 0 Å². The summed E-state index contributed by atoms with van der Waals surface area (Å²) in [5.41, 5.74) is 0. The molecule has 13 heavy (non-hydrogen) atoms. The molecule has 0 bridgehead atoms. The highest BCUT2D eigenvalue weighted by Crippen LogP contribution is 2.29. The zero-order chi connectivity index (χ0) is 9.31. The lowest BCUT2D eigenvalue weighted by atomic mass is 10.4. The number of sulfone groups is 1. The fourth-order valence-electron chi connectivity index (χ4n) is 1.26. The summed E-state index contributed by atoms with van der Waals surface area (Å²) in [6.45, 7) is 0. The number of thioether (sulfide) groups is 1. The summed E-state index contributed by atoms with van der Waals surface area (Å²) in [5, 5.41) is 0.672. The molecule has 0 spiro atoms. The van der Waals surface area contributed by atoms with E-state index in [4.69, 9.17) is 4.42 Å². The molecule has 6 heteroatoms. The van der Waals surface area contributed by atoms with E-state index in [1.165, 1.54) is 18.0 Å². The van der Waals surface area contributed by atoms with E-state index in [0.29, 0.717) is 17.4 Å². The van der Waals surface area contributed by atoms with Crippen LogP contribution in [0.25, 0.3) is 0 Å². The Labute approximate surface area is 80.6 Å². The fourth-order valence-corrected chi connectivity index (χ4v) is 4.61. The maximum atomic E-state index is 11.1. The molecular formula is C7H9NO3S2. The van der Waals surface area contributed by atoms with E-state index >= 15 is 0 Å². The number of oxazole rings is 1. The predicted octanol–water partition coefficient (Wildman–Crippen LogP) is 0.954. The standard InChI is InChI=1S/C7H9NO3S2/c9-13(10)4-1-6(5-13)12-7-8-2-3-11-7/h2-3,6H,1,4-5H2. The van der Waals surface area contributed by atoms with E-state index in [2.05, 4.69) is 4.98 Å². The highest BCUT2D eigenvalue weighted by atomic mass is 32.2. The summed E-state index contributed by atoms with van der Waals surface area (Å²) >= 11 is 1.40. The number of nitrogens with zero attached hydrogens (tertiary/aromatic N) is 1. The van der Waals surface area contributed by atoms with Gasteiger partial charge in [0.25, 0.3) is 5.22 Å². The van der Waals surface area contributed by atoms with E-state index < -0.39 is 9.84 Å². The molecule has 1 aliphatic heterocycles. The van der Waals surface area contributed by atoms with Crippen LogP contribution in [0.4, 0.5) is 0 Å². The third-order valence-electron chi connectivity index (χ3n) is 1.87. The Morgan fingerprint density at radius 3 is 3.00 bits per heavy atom. The maximum Gasteiger partial charge on any atom is 0.255 e. The SMILES string of the molecule is O=S1(=O)CCC(Sc2ncco2)C1. The molecule has 1 atom stereocenters. The Morgan fingerprint density at radius 1 is 1.62 bits per heavy atom. The minimum absolute atomic E-state index is 0.114. The zero-order valence-corrected chi connectivity index (χ0v) is 8.47. The summed E-state index contributed by atoms with van der Waals surface area (Å²) < 4.78 is 27.2. The molecule has 1 aliphatic rings. The van der Waals surface area contributed by atoms with Crippen LogP contribution in [-0.4, -0.2) is 30.2 Å². The number of hydrogen-bond donors (Lipinski definition) is 0. The Morgan fingerprint density at radius 2 is 2.46 bits per heavy atom. The molecular weight excluding hydrogens is 210 g/mol. The molecule has 0 radical (unpaired) electrons. The molecule has 2 rings (SSSR count). The first-order valence-electron chi connectivity index (χ1n) is 3.92. The van der Waals surface area contributed by atoms with Crippen LogP contribution in [0.1, 0.15) is 6.42 Å². The predicted molar refractivity (Wildman–Crippen MR) is 49.4 cm³/mol. The topological polar surface area (TPSA) is 60.2 Å². The third kappa shape index (κ3) is 2.25. The summed E-state index contributed by atoms with van der Waals surface area (Å²) in [7, 11) is -2.79. The normalized spacial score (nSPS) is 26.3. The molecule has 1 fully saturated rings. The summed E-state index contributed by atoms with van der Waals surface area (Å²) in [5.74, 6) is 0.547. The van der Waals surface area contributed by atoms with Gasteiger partial charge in [0.1, 0.15) is 6.26 Å². The van der Waals surface area contributed by atoms with Crippen LogP contribution < -0.4 is 0 Å². The Balaban J connectivity index is 1.99. The van der Waals surface area contributed by atoms with E-state index in [-0.39, 0.29) is 11.0 Å². The number of aromatic nitrogens is 1. The van der Waals surface area contributed by atoms with Gasteiger partial charge in [-0.2, -0.15) is 0 Å². The maximum absolute atomic E-state index is 11.1. The van der Waals surface area contributed by atoms with Gasteiger partial charge < -0.3 is 4.42 Å². The average Bonchev–Trinajstić information content (AvgIpc) is 2.61. The van der Waals surface area contributed by atoms with Gasteiger partial charge >= 0.3 is 0 Å². The molecule has 1 aromatic rings. The Hall–Kier alpha value is -0.490. The van der Waals surface area contributed by atoms with E-state index in [9.17, 15) is 8.42 Å². The van der Waals surface area contributed by atoms with Crippen molar-refractivity contribution in [1.29, 1.82) is 0 Å².